The fourth-order valence-electron chi connectivity index (χ4n) is 2.16. The van der Waals surface area contributed by atoms with Gasteiger partial charge in [0.1, 0.15) is 0 Å². The highest BCUT2D eigenvalue weighted by Crippen LogP contribution is 2.31. The van der Waals surface area contributed by atoms with Crippen LogP contribution in [0.1, 0.15) is 25.5 Å². The Morgan fingerprint density at radius 3 is 2.78 bits per heavy atom. The Labute approximate surface area is 105 Å². The molecular formula is C14H14N4. The molecule has 0 atom stereocenters. The van der Waals surface area contributed by atoms with Gasteiger partial charge in [-0.1, -0.05) is 19.9 Å². The molecule has 0 spiro atoms. The second kappa shape index (κ2) is 4.22. The van der Waals surface area contributed by atoms with E-state index < -0.39 is 0 Å². The quantitative estimate of drug-likeness (QED) is 0.746. The molecule has 3 aromatic heterocycles. The highest BCUT2D eigenvalue weighted by Gasteiger charge is 2.14. The normalized spacial score (nSPS) is 11.3. The highest BCUT2D eigenvalue weighted by molar-refractivity contribution is 5.94. The van der Waals surface area contributed by atoms with Crippen LogP contribution in [-0.2, 0) is 0 Å². The lowest BCUT2D eigenvalue weighted by Crippen LogP contribution is -1.90. The highest BCUT2D eigenvalue weighted by atomic mass is 15.1. The van der Waals surface area contributed by atoms with Crippen LogP contribution in [0.5, 0.6) is 0 Å². The summed E-state index contributed by atoms with van der Waals surface area (Å²) < 4.78 is 0. The smallest absolute Gasteiger partial charge is 0.155 e. The zero-order valence-electron chi connectivity index (χ0n) is 10.4. The molecule has 0 aliphatic rings. The lowest BCUT2D eigenvalue weighted by Gasteiger charge is -2.06. The minimum Gasteiger partial charge on any atom is -0.264 e. The molecule has 1 N–H and O–H groups in total. The third-order valence-corrected chi connectivity index (χ3v) is 3.01. The van der Waals surface area contributed by atoms with E-state index in [2.05, 4.69) is 40.1 Å². The second-order valence-corrected chi connectivity index (χ2v) is 4.59. The van der Waals surface area contributed by atoms with Gasteiger partial charge in [-0.05, 0) is 23.6 Å². The molecule has 0 aliphatic heterocycles. The summed E-state index contributed by atoms with van der Waals surface area (Å²) in [5, 5.41) is 8.47. The van der Waals surface area contributed by atoms with Crippen molar-refractivity contribution in [2.75, 3.05) is 0 Å². The van der Waals surface area contributed by atoms with E-state index >= 15 is 0 Å². The third-order valence-electron chi connectivity index (χ3n) is 3.01. The molecule has 4 heteroatoms. The molecular weight excluding hydrogens is 224 g/mol. The lowest BCUT2D eigenvalue weighted by molar-refractivity contribution is 0.817. The Bertz CT molecular complexity index is 671. The molecule has 0 unspecified atom stereocenters. The minimum atomic E-state index is 0.360. The fourth-order valence-corrected chi connectivity index (χ4v) is 2.16. The number of rotatable bonds is 2. The first-order chi connectivity index (χ1) is 8.77. The topological polar surface area (TPSA) is 54.5 Å². The van der Waals surface area contributed by atoms with Crippen LogP contribution in [0.2, 0.25) is 0 Å². The summed E-state index contributed by atoms with van der Waals surface area (Å²) in [6, 6.07) is 6.01. The van der Waals surface area contributed by atoms with Crippen LogP contribution in [0, 0.1) is 0 Å². The summed E-state index contributed by atoms with van der Waals surface area (Å²) in [6.07, 6.45) is 5.44. The van der Waals surface area contributed by atoms with E-state index in [0.717, 1.165) is 27.9 Å². The maximum absolute atomic E-state index is 4.37. The van der Waals surface area contributed by atoms with Crippen molar-refractivity contribution >= 4 is 11.0 Å². The SMILES string of the molecule is CC(C)c1n[nH]c2nccc(-c3cccnc3)c12. The summed E-state index contributed by atoms with van der Waals surface area (Å²) in [6.45, 7) is 4.27. The van der Waals surface area contributed by atoms with Crippen molar-refractivity contribution in [3.8, 4) is 11.1 Å². The molecule has 0 saturated carbocycles. The Morgan fingerprint density at radius 1 is 1.17 bits per heavy atom. The average Bonchev–Trinajstić information content (AvgIpc) is 2.83. The maximum Gasteiger partial charge on any atom is 0.155 e. The van der Waals surface area contributed by atoms with Crippen molar-refractivity contribution in [3.05, 3.63) is 42.5 Å². The number of pyridine rings is 2. The average molecular weight is 238 g/mol. The minimum absolute atomic E-state index is 0.360. The van der Waals surface area contributed by atoms with Crippen LogP contribution in [0.15, 0.2) is 36.8 Å². The zero-order chi connectivity index (χ0) is 12.5. The zero-order valence-corrected chi connectivity index (χ0v) is 10.4. The van der Waals surface area contributed by atoms with Gasteiger partial charge >= 0.3 is 0 Å². The van der Waals surface area contributed by atoms with Gasteiger partial charge in [0, 0.05) is 24.2 Å². The summed E-state index contributed by atoms with van der Waals surface area (Å²) in [4.78, 5) is 8.51. The molecule has 3 heterocycles. The van der Waals surface area contributed by atoms with E-state index in [1.165, 1.54) is 0 Å². The van der Waals surface area contributed by atoms with Gasteiger partial charge in [0.2, 0.25) is 0 Å². The molecule has 4 nitrogen and oxygen atoms in total. The van der Waals surface area contributed by atoms with E-state index in [1.807, 2.05) is 18.3 Å². The van der Waals surface area contributed by atoms with Gasteiger partial charge in [-0.2, -0.15) is 5.10 Å². The van der Waals surface area contributed by atoms with Gasteiger partial charge in [0.15, 0.2) is 5.65 Å². The summed E-state index contributed by atoms with van der Waals surface area (Å²) in [7, 11) is 0. The predicted molar refractivity (Wildman–Crippen MR) is 71.2 cm³/mol. The van der Waals surface area contributed by atoms with Crippen LogP contribution in [0.3, 0.4) is 0 Å². The molecule has 0 saturated heterocycles. The van der Waals surface area contributed by atoms with Crippen LogP contribution in [0.4, 0.5) is 0 Å². The molecule has 3 aromatic rings. The van der Waals surface area contributed by atoms with Gasteiger partial charge in [0.25, 0.3) is 0 Å². The molecule has 0 radical (unpaired) electrons. The van der Waals surface area contributed by atoms with Crippen molar-refractivity contribution in [3.63, 3.8) is 0 Å². The Kier molecular flexibility index (Phi) is 2.55. The van der Waals surface area contributed by atoms with Gasteiger partial charge in [-0.25, -0.2) is 4.98 Å². The molecule has 18 heavy (non-hydrogen) atoms. The number of hydrogen-bond acceptors (Lipinski definition) is 3. The van der Waals surface area contributed by atoms with Crippen LogP contribution >= 0.6 is 0 Å². The first kappa shape index (κ1) is 10.9. The van der Waals surface area contributed by atoms with Crippen molar-refractivity contribution in [2.24, 2.45) is 0 Å². The van der Waals surface area contributed by atoms with Crippen LogP contribution in [0.25, 0.3) is 22.2 Å². The molecule has 0 fully saturated rings. The van der Waals surface area contributed by atoms with Crippen molar-refractivity contribution in [1.29, 1.82) is 0 Å². The monoisotopic (exact) mass is 238 g/mol. The number of fused-ring (bicyclic) bond motifs is 1. The van der Waals surface area contributed by atoms with Crippen molar-refractivity contribution in [1.82, 2.24) is 20.2 Å². The largest absolute Gasteiger partial charge is 0.264 e. The Balaban J connectivity index is 2.32. The first-order valence-electron chi connectivity index (χ1n) is 6.00. The Morgan fingerprint density at radius 2 is 2.06 bits per heavy atom. The van der Waals surface area contributed by atoms with Crippen LogP contribution < -0.4 is 0 Å². The standard InChI is InChI=1S/C14H14N4/c1-9(2)13-12-11(10-4-3-6-15-8-10)5-7-16-14(12)18-17-13/h3-9H,1-2H3,(H,16,17,18). The number of nitrogens with zero attached hydrogens (tertiary/aromatic N) is 3. The molecule has 0 aliphatic carbocycles. The van der Waals surface area contributed by atoms with Gasteiger partial charge in [-0.3, -0.25) is 10.1 Å². The van der Waals surface area contributed by atoms with E-state index in [4.69, 9.17) is 0 Å². The molecule has 3 rings (SSSR count). The van der Waals surface area contributed by atoms with Crippen molar-refractivity contribution in [2.45, 2.75) is 19.8 Å². The predicted octanol–water partition coefficient (Wildman–Crippen LogP) is 3.14. The van der Waals surface area contributed by atoms with Gasteiger partial charge < -0.3 is 0 Å². The lowest BCUT2D eigenvalue weighted by atomic mass is 10.00. The second-order valence-electron chi connectivity index (χ2n) is 4.59. The van der Waals surface area contributed by atoms with Gasteiger partial charge in [-0.15, -0.1) is 0 Å². The van der Waals surface area contributed by atoms with E-state index in [-0.39, 0.29) is 0 Å². The molecule has 0 aromatic carbocycles. The molecule has 90 valence electrons. The number of aromatic nitrogens is 4. The van der Waals surface area contributed by atoms with Gasteiger partial charge in [0.05, 0.1) is 11.1 Å². The van der Waals surface area contributed by atoms with Crippen molar-refractivity contribution < 1.29 is 0 Å². The first-order valence-corrected chi connectivity index (χ1v) is 6.00. The Hall–Kier alpha value is -2.23. The summed E-state index contributed by atoms with van der Waals surface area (Å²) >= 11 is 0. The summed E-state index contributed by atoms with van der Waals surface area (Å²) in [5.41, 5.74) is 4.11. The number of nitrogens with one attached hydrogen (secondary N) is 1. The maximum atomic E-state index is 4.37. The fraction of sp³-hybridized carbons (Fsp3) is 0.214. The van der Waals surface area contributed by atoms with E-state index in [9.17, 15) is 0 Å². The summed E-state index contributed by atoms with van der Waals surface area (Å²) in [5.74, 6) is 0.360. The molecule has 0 bridgehead atoms. The van der Waals surface area contributed by atoms with E-state index in [0.29, 0.717) is 5.92 Å². The third kappa shape index (κ3) is 1.66. The molecule has 0 amide bonds. The number of hydrogen-bond donors (Lipinski definition) is 1. The number of H-pyrrole nitrogens is 1. The van der Waals surface area contributed by atoms with E-state index in [1.54, 1.807) is 12.4 Å². The number of aromatic amines is 1. The van der Waals surface area contributed by atoms with Crippen LogP contribution in [-0.4, -0.2) is 20.2 Å².